The average Bonchev–Trinajstić information content (AvgIpc) is 3.91. The second kappa shape index (κ2) is 12.9. The molecule has 0 bridgehead atoms. The van der Waals surface area contributed by atoms with Crippen molar-refractivity contribution in [1.29, 1.82) is 0 Å². The molecular formula is C52H33NOS. The molecule has 3 heteroatoms. The van der Waals surface area contributed by atoms with E-state index < -0.39 is 12.1 Å². The van der Waals surface area contributed by atoms with Crippen LogP contribution in [0.25, 0.3) is 86.3 Å². The molecule has 0 aliphatic rings. The number of hydrogen-bond donors (Lipinski definition) is 0. The molecule has 0 atom stereocenters. The minimum absolute atomic E-state index is 0.0339. The molecule has 2 heterocycles. The van der Waals surface area contributed by atoms with Crippen molar-refractivity contribution >= 4 is 81.3 Å². The lowest BCUT2D eigenvalue weighted by atomic mass is 9.94. The van der Waals surface area contributed by atoms with E-state index >= 15 is 0 Å². The topological polar surface area (TPSA) is 16.4 Å². The lowest BCUT2D eigenvalue weighted by molar-refractivity contribution is 0.670. The van der Waals surface area contributed by atoms with Gasteiger partial charge in [0.1, 0.15) is 11.2 Å². The molecule has 258 valence electrons. The first kappa shape index (κ1) is 25.1. The second-order valence-electron chi connectivity index (χ2n) is 13.5. The van der Waals surface area contributed by atoms with Crippen LogP contribution < -0.4 is 4.90 Å². The van der Waals surface area contributed by atoms with Gasteiger partial charge in [0.25, 0.3) is 0 Å². The molecule has 0 radical (unpaired) electrons. The Morgan fingerprint density at radius 2 is 1.05 bits per heavy atom. The van der Waals surface area contributed by atoms with E-state index in [-0.39, 0.29) is 57.7 Å². The van der Waals surface area contributed by atoms with E-state index in [9.17, 15) is 1.37 Å². The molecule has 0 spiro atoms. The Hall–Kier alpha value is -6.94. The Morgan fingerprint density at radius 1 is 0.455 bits per heavy atom. The average molecular weight is 727 g/mol. The van der Waals surface area contributed by atoms with Crippen LogP contribution in [0.1, 0.15) is 9.60 Å². The second-order valence-corrected chi connectivity index (χ2v) is 14.6. The summed E-state index contributed by atoms with van der Waals surface area (Å²) in [4.78, 5) is 2.28. The van der Waals surface area contributed by atoms with Gasteiger partial charge in [-0.1, -0.05) is 152 Å². The van der Waals surface area contributed by atoms with Gasteiger partial charge in [-0.05, 0) is 81.7 Å². The highest BCUT2D eigenvalue weighted by atomic mass is 32.1. The highest BCUT2D eigenvalue weighted by molar-refractivity contribution is 7.26. The summed E-state index contributed by atoms with van der Waals surface area (Å²) in [7, 11) is 0. The summed E-state index contributed by atoms with van der Waals surface area (Å²) in [5, 5.41) is 3.79. The molecule has 0 amide bonds. The predicted octanol–water partition coefficient (Wildman–Crippen LogP) is 15.6. The van der Waals surface area contributed by atoms with E-state index in [2.05, 4.69) is 102 Å². The van der Waals surface area contributed by atoms with E-state index in [1.165, 1.54) is 0 Å². The van der Waals surface area contributed by atoms with Gasteiger partial charge in [0, 0.05) is 53.3 Å². The van der Waals surface area contributed by atoms with Crippen molar-refractivity contribution in [3.63, 3.8) is 0 Å². The Kier molecular flexibility index (Phi) is 5.89. The summed E-state index contributed by atoms with van der Waals surface area (Å²) in [5.41, 5.74) is 8.18. The molecule has 55 heavy (non-hydrogen) atoms. The van der Waals surface area contributed by atoms with Crippen molar-refractivity contribution in [2.45, 2.75) is 0 Å². The smallest absolute Gasteiger partial charge is 0.143 e. The summed E-state index contributed by atoms with van der Waals surface area (Å²) < 4.78 is 70.1. The number of benzene rings is 9. The van der Waals surface area contributed by atoms with E-state index in [0.29, 0.717) is 5.56 Å². The van der Waals surface area contributed by atoms with Gasteiger partial charge < -0.3 is 9.32 Å². The van der Waals surface area contributed by atoms with E-state index in [0.717, 1.165) is 70.3 Å². The van der Waals surface area contributed by atoms with E-state index in [1.54, 1.807) is 11.3 Å². The number of furan rings is 1. The van der Waals surface area contributed by atoms with Crippen LogP contribution in [0.15, 0.2) is 204 Å². The maximum absolute atomic E-state index is 9.38. The predicted molar refractivity (Wildman–Crippen MR) is 235 cm³/mol. The molecule has 2 nitrogen and oxygen atoms in total. The zero-order valence-electron chi connectivity index (χ0n) is 36.3. The lowest BCUT2D eigenvalue weighted by Gasteiger charge is -2.27. The van der Waals surface area contributed by atoms with Gasteiger partial charge in [0.2, 0.25) is 0 Å². The molecule has 0 N–H and O–H groups in total. The summed E-state index contributed by atoms with van der Waals surface area (Å²) in [6, 6.07) is 51.6. The molecule has 11 aromatic rings. The summed E-state index contributed by atoms with van der Waals surface area (Å²) >= 11 is 1.69. The SMILES string of the molecule is [2H]c1c([2H])c([2H])c2c(oc3c(-c4cc5c(sc6cccc(N(c7ccc(-c8ccccc8)cc7)c7ccc(-c8ccccc8)cc7)c65)c5ccccc45)c([2H])c([2H])c([2H])c32)c1[2H]. The first-order valence-corrected chi connectivity index (χ1v) is 18.9. The zero-order valence-corrected chi connectivity index (χ0v) is 30.1. The Balaban J connectivity index is 1.20. The minimum atomic E-state index is -0.454. The number of nitrogens with zero attached hydrogens (tertiary/aromatic N) is 1. The van der Waals surface area contributed by atoms with Gasteiger partial charge in [0.15, 0.2) is 0 Å². The highest BCUT2D eigenvalue weighted by Crippen LogP contribution is 2.49. The normalized spacial score (nSPS) is 13.4. The van der Waals surface area contributed by atoms with Gasteiger partial charge >= 0.3 is 0 Å². The van der Waals surface area contributed by atoms with Gasteiger partial charge in [0.05, 0.1) is 15.3 Å². The van der Waals surface area contributed by atoms with Crippen molar-refractivity contribution < 1.29 is 14.0 Å². The number of rotatable bonds is 6. The standard InChI is InChI=1S/C52H33NOS/c1-3-13-34(14-4-1)36-25-29-38(30-26-36)53(39-31-27-37(28-32-39)35-15-5-2-6-16-35)47-22-12-24-49-50(47)46-33-45(40-17-7-8-19-44(40)52(46)55-49)43-21-11-20-42-41-18-9-10-23-48(41)54-51(42)43/h1-33H/i9D,10D,11D,18D,20D,21D,23D. The van der Waals surface area contributed by atoms with Gasteiger partial charge in [-0.25, -0.2) is 0 Å². The van der Waals surface area contributed by atoms with Crippen LogP contribution in [0.2, 0.25) is 0 Å². The zero-order chi connectivity index (χ0) is 42.4. The van der Waals surface area contributed by atoms with Crippen LogP contribution in [0, 0.1) is 0 Å². The third-order valence-corrected chi connectivity index (χ3v) is 11.6. The molecule has 0 saturated carbocycles. The van der Waals surface area contributed by atoms with Crippen molar-refractivity contribution in [2.24, 2.45) is 0 Å². The van der Waals surface area contributed by atoms with Gasteiger partial charge in [-0.2, -0.15) is 0 Å². The van der Waals surface area contributed by atoms with Crippen LogP contribution >= 0.6 is 11.3 Å². The third kappa shape index (κ3) is 5.24. The lowest BCUT2D eigenvalue weighted by Crippen LogP contribution is -2.10. The van der Waals surface area contributed by atoms with Crippen molar-refractivity contribution in [3.05, 3.63) is 200 Å². The monoisotopic (exact) mass is 726 g/mol. The van der Waals surface area contributed by atoms with E-state index in [4.69, 9.17) is 12.6 Å². The van der Waals surface area contributed by atoms with Gasteiger partial charge in [-0.15, -0.1) is 11.3 Å². The molecule has 11 rings (SSSR count). The first-order valence-electron chi connectivity index (χ1n) is 21.6. The molecule has 0 saturated heterocycles. The fourth-order valence-electron chi connectivity index (χ4n) is 7.84. The van der Waals surface area contributed by atoms with Crippen LogP contribution in [-0.2, 0) is 0 Å². The Bertz CT molecular complexity index is 3500. The van der Waals surface area contributed by atoms with Crippen LogP contribution in [0.5, 0.6) is 0 Å². The molecule has 0 aliphatic carbocycles. The number of anilines is 3. The molecule has 0 fully saturated rings. The van der Waals surface area contributed by atoms with Gasteiger partial charge in [-0.3, -0.25) is 0 Å². The van der Waals surface area contributed by atoms with Crippen molar-refractivity contribution in [3.8, 4) is 33.4 Å². The minimum Gasteiger partial charge on any atom is -0.455 e. The maximum atomic E-state index is 9.38. The van der Waals surface area contributed by atoms with Crippen LogP contribution in [-0.4, -0.2) is 0 Å². The van der Waals surface area contributed by atoms with Crippen molar-refractivity contribution in [2.75, 3.05) is 4.90 Å². The number of fused-ring (bicyclic) bond motifs is 8. The van der Waals surface area contributed by atoms with E-state index in [1.807, 2.05) is 60.7 Å². The maximum Gasteiger partial charge on any atom is 0.143 e. The van der Waals surface area contributed by atoms with Crippen molar-refractivity contribution in [1.82, 2.24) is 0 Å². The Morgan fingerprint density at radius 3 is 1.75 bits per heavy atom. The fraction of sp³-hybridized carbons (Fsp3) is 0. The third-order valence-electron chi connectivity index (χ3n) is 10.4. The molecule has 9 aromatic carbocycles. The summed E-state index contributed by atoms with van der Waals surface area (Å²) in [5.74, 6) is 0. The quantitative estimate of drug-likeness (QED) is 0.170. The molecule has 0 unspecified atom stereocenters. The number of para-hydroxylation sites is 2. The fourth-order valence-corrected chi connectivity index (χ4v) is 9.08. The Labute approximate surface area is 332 Å². The largest absolute Gasteiger partial charge is 0.455 e. The first-order chi connectivity index (χ1) is 30.2. The molecular weight excluding hydrogens is 687 g/mol. The number of hydrogen-bond acceptors (Lipinski definition) is 3. The summed E-state index contributed by atoms with van der Waals surface area (Å²) in [6.45, 7) is 0. The molecule has 2 aromatic heterocycles. The summed E-state index contributed by atoms with van der Waals surface area (Å²) in [6.07, 6.45) is 0. The van der Waals surface area contributed by atoms with Crippen LogP contribution in [0.3, 0.4) is 0 Å². The number of thiophene rings is 1. The molecule has 0 aliphatic heterocycles. The van der Waals surface area contributed by atoms with Crippen LogP contribution in [0.4, 0.5) is 17.1 Å². The highest BCUT2D eigenvalue weighted by Gasteiger charge is 2.22.